The Kier molecular flexibility index (Phi) is 29.2. The van der Waals surface area contributed by atoms with E-state index in [1.165, 1.54) is 0 Å². The molecule has 0 aliphatic carbocycles. The molecule has 0 aromatic rings. The summed E-state index contributed by atoms with van der Waals surface area (Å²) in [6.45, 7) is 23.2. The standard InChI is InChI=1S/C30H70O13Si4/c1-11-21-31-44(32-22-12-2,33-23-13-3)41-46(37-27-17-7,38-28-18-8)43-47(39-29-19-9,40-30-20-10)42-45(34-24-14-4,35-25-15-5)36-26-16-6/h11-30H2,1-10H3. The smallest absolute Gasteiger partial charge is 0.352 e. The van der Waals surface area contributed by atoms with Crippen molar-refractivity contribution in [2.75, 3.05) is 66.1 Å². The van der Waals surface area contributed by atoms with Crippen molar-refractivity contribution in [3.05, 3.63) is 0 Å². The molecule has 0 atom stereocenters. The molecule has 0 spiro atoms. The van der Waals surface area contributed by atoms with Crippen LogP contribution in [0.1, 0.15) is 133 Å². The first-order chi connectivity index (χ1) is 22.7. The van der Waals surface area contributed by atoms with E-state index in [2.05, 4.69) is 0 Å². The van der Waals surface area contributed by atoms with Crippen LogP contribution in [0.2, 0.25) is 0 Å². The molecule has 0 heterocycles. The number of hydrogen-bond donors (Lipinski definition) is 0. The third-order valence-electron chi connectivity index (χ3n) is 5.58. The molecule has 0 radical (unpaired) electrons. The Hall–Kier alpha value is 0.348. The van der Waals surface area contributed by atoms with Gasteiger partial charge in [0.05, 0.1) is 0 Å². The van der Waals surface area contributed by atoms with Gasteiger partial charge in [0.2, 0.25) is 0 Å². The molecule has 0 amide bonds. The predicted molar refractivity (Wildman–Crippen MR) is 189 cm³/mol. The fraction of sp³-hybridized carbons (Fsp3) is 1.00. The van der Waals surface area contributed by atoms with E-state index in [9.17, 15) is 0 Å². The van der Waals surface area contributed by atoms with Crippen LogP contribution in [0, 0.1) is 0 Å². The zero-order valence-corrected chi connectivity index (χ0v) is 35.4. The lowest BCUT2D eigenvalue weighted by Crippen LogP contribution is -2.70. The summed E-state index contributed by atoms with van der Waals surface area (Å²) >= 11 is 0. The second-order valence-electron chi connectivity index (χ2n) is 10.8. The van der Waals surface area contributed by atoms with Crippen LogP contribution in [-0.4, -0.2) is 102 Å². The normalized spacial score (nSPS) is 13.1. The van der Waals surface area contributed by atoms with Crippen molar-refractivity contribution in [3.8, 4) is 0 Å². The molecule has 0 aliphatic rings. The van der Waals surface area contributed by atoms with Gasteiger partial charge in [-0.3, -0.25) is 0 Å². The van der Waals surface area contributed by atoms with E-state index in [0.717, 1.165) is 38.5 Å². The maximum Gasteiger partial charge on any atom is 0.673 e. The molecule has 0 N–H and O–H groups in total. The Bertz CT molecular complexity index is 599. The third-order valence-corrected chi connectivity index (χ3v) is 17.2. The van der Waals surface area contributed by atoms with Gasteiger partial charge in [-0.15, -0.1) is 0 Å². The summed E-state index contributed by atoms with van der Waals surface area (Å²) < 4.78 is 84.6. The van der Waals surface area contributed by atoms with Crippen LogP contribution >= 0.6 is 0 Å². The molecule has 0 saturated heterocycles. The fourth-order valence-corrected chi connectivity index (χ4v) is 16.8. The van der Waals surface area contributed by atoms with Gasteiger partial charge >= 0.3 is 36.2 Å². The van der Waals surface area contributed by atoms with Gasteiger partial charge in [0.15, 0.2) is 0 Å². The van der Waals surface area contributed by atoms with Crippen LogP contribution in [0.5, 0.6) is 0 Å². The molecule has 0 aromatic carbocycles. The molecule has 0 rings (SSSR count). The highest BCUT2D eigenvalue weighted by Gasteiger charge is 2.69. The minimum absolute atomic E-state index is 0.259. The molecule has 0 saturated carbocycles. The summed E-state index contributed by atoms with van der Waals surface area (Å²) in [5.41, 5.74) is 0. The zero-order valence-electron chi connectivity index (χ0n) is 31.4. The van der Waals surface area contributed by atoms with E-state index in [-0.39, 0.29) is 26.4 Å². The van der Waals surface area contributed by atoms with Gasteiger partial charge in [0, 0.05) is 66.1 Å². The Morgan fingerprint density at radius 2 is 0.340 bits per heavy atom. The van der Waals surface area contributed by atoms with E-state index >= 15 is 0 Å². The Balaban J connectivity index is 7.49. The maximum atomic E-state index is 6.96. The second-order valence-corrected chi connectivity index (χ2v) is 20.1. The van der Waals surface area contributed by atoms with Crippen molar-refractivity contribution >= 4 is 36.2 Å². The topological polar surface area (TPSA) is 120 Å². The quantitative estimate of drug-likeness (QED) is 0.0610. The summed E-state index contributed by atoms with van der Waals surface area (Å²) in [5, 5.41) is 0. The molecule has 0 aromatic heterocycles. The lowest BCUT2D eigenvalue weighted by atomic mass is 10.5. The van der Waals surface area contributed by atoms with Crippen LogP contribution in [0.3, 0.4) is 0 Å². The van der Waals surface area contributed by atoms with Crippen molar-refractivity contribution < 1.29 is 56.6 Å². The van der Waals surface area contributed by atoms with E-state index in [1.807, 2.05) is 69.2 Å². The Morgan fingerprint density at radius 3 is 0.489 bits per heavy atom. The van der Waals surface area contributed by atoms with Gasteiger partial charge in [-0.1, -0.05) is 69.2 Å². The lowest BCUT2D eigenvalue weighted by Gasteiger charge is -2.41. The first-order valence-corrected chi connectivity index (χ1v) is 24.8. The molecule has 47 heavy (non-hydrogen) atoms. The third kappa shape index (κ3) is 19.5. The molecular formula is C30H70O13Si4. The first kappa shape index (κ1) is 47.3. The van der Waals surface area contributed by atoms with E-state index in [0.29, 0.717) is 65.3 Å². The summed E-state index contributed by atoms with van der Waals surface area (Å²) in [5.74, 6) is 0. The summed E-state index contributed by atoms with van der Waals surface area (Å²) in [4.78, 5) is 0. The van der Waals surface area contributed by atoms with Gasteiger partial charge in [-0.25, -0.2) is 0 Å². The summed E-state index contributed by atoms with van der Waals surface area (Å²) in [6, 6.07) is 0. The minimum Gasteiger partial charge on any atom is -0.352 e. The van der Waals surface area contributed by atoms with E-state index < -0.39 is 36.2 Å². The van der Waals surface area contributed by atoms with Crippen LogP contribution in [0.4, 0.5) is 0 Å². The zero-order chi connectivity index (χ0) is 35.3. The first-order valence-electron chi connectivity index (χ1n) is 18.2. The van der Waals surface area contributed by atoms with E-state index in [4.69, 9.17) is 56.6 Å². The molecule has 17 heteroatoms. The average Bonchev–Trinajstić information content (AvgIpc) is 3.09. The average molecular weight is 751 g/mol. The van der Waals surface area contributed by atoms with Crippen molar-refractivity contribution in [1.82, 2.24) is 0 Å². The maximum absolute atomic E-state index is 6.96. The molecule has 13 nitrogen and oxygen atoms in total. The van der Waals surface area contributed by atoms with Gasteiger partial charge < -0.3 is 56.6 Å². The number of rotatable bonds is 36. The molecule has 0 fully saturated rings. The fourth-order valence-electron chi connectivity index (χ4n) is 3.52. The molecule has 0 bridgehead atoms. The SMILES string of the molecule is CCCO[Si](OCCC)(OCCC)O[Si](OCCC)(OCCC)O[Si](OCCC)(OCCC)O[Si](OCCC)(OCCC)OCCC. The van der Waals surface area contributed by atoms with Crippen molar-refractivity contribution in [2.45, 2.75) is 133 Å². The van der Waals surface area contributed by atoms with E-state index in [1.54, 1.807) is 0 Å². The van der Waals surface area contributed by atoms with Crippen LogP contribution < -0.4 is 0 Å². The van der Waals surface area contributed by atoms with Crippen molar-refractivity contribution in [3.63, 3.8) is 0 Å². The summed E-state index contributed by atoms with van der Waals surface area (Å²) in [6.07, 6.45) is 6.95. The molecule has 0 unspecified atom stereocenters. The van der Waals surface area contributed by atoms with Crippen molar-refractivity contribution in [1.29, 1.82) is 0 Å². The summed E-state index contributed by atoms with van der Waals surface area (Å²) in [7, 11) is -16.5. The largest absolute Gasteiger partial charge is 0.673 e. The minimum atomic E-state index is -4.32. The number of hydrogen-bond acceptors (Lipinski definition) is 13. The van der Waals surface area contributed by atoms with Gasteiger partial charge in [0.25, 0.3) is 0 Å². The predicted octanol–water partition coefficient (Wildman–Crippen LogP) is 7.04. The second kappa shape index (κ2) is 29.0. The Labute approximate surface area is 291 Å². The van der Waals surface area contributed by atoms with Gasteiger partial charge in [0.1, 0.15) is 0 Å². The highest BCUT2D eigenvalue weighted by molar-refractivity contribution is 6.77. The van der Waals surface area contributed by atoms with Crippen molar-refractivity contribution in [2.24, 2.45) is 0 Å². The Morgan fingerprint density at radius 1 is 0.213 bits per heavy atom. The monoisotopic (exact) mass is 750 g/mol. The highest BCUT2D eigenvalue weighted by Crippen LogP contribution is 2.31. The molecule has 0 aliphatic heterocycles. The molecule has 284 valence electrons. The van der Waals surface area contributed by atoms with Crippen LogP contribution in [0.25, 0.3) is 0 Å². The molecular weight excluding hydrogens is 681 g/mol. The van der Waals surface area contributed by atoms with Gasteiger partial charge in [-0.05, 0) is 64.2 Å². The lowest BCUT2D eigenvalue weighted by molar-refractivity contribution is -0.0901. The van der Waals surface area contributed by atoms with Crippen LogP contribution in [0.15, 0.2) is 0 Å². The van der Waals surface area contributed by atoms with Crippen LogP contribution in [-0.2, 0) is 56.6 Å². The van der Waals surface area contributed by atoms with Gasteiger partial charge in [-0.2, -0.15) is 0 Å². The highest BCUT2D eigenvalue weighted by atomic mass is 28.5.